The van der Waals surface area contributed by atoms with Crippen LogP contribution in [0.5, 0.6) is 0 Å². The van der Waals surface area contributed by atoms with Crippen LogP contribution in [0.25, 0.3) is 0 Å². The molecule has 11 heteroatoms. The van der Waals surface area contributed by atoms with E-state index in [1.165, 1.54) is 4.31 Å². The molecule has 2 aromatic rings. The minimum absolute atomic E-state index is 0.228. The Hall–Kier alpha value is -2.33. The van der Waals surface area contributed by atoms with Crippen LogP contribution in [0.1, 0.15) is 49.5 Å². The van der Waals surface area contributed by atoms with E-state index >= 15 is 0 Å². The van der Waals surface area contributed by atoms with Crippen molar-refractivity contribution < 1.29 is 23.1 Å². The molecule has 8 nitrogen and oxygen atoms in total. The number of amides is 2. The standard InChI is InChI=1S/C24H31Cl2N3O5S/c1-24(2,3)34-23(31)28-15-5-4-14-27-22(30)18-9-11-19(12-10-18)29(35(32)33)16-13-17-7-6-8-20(25)21(17)26/h6-12H,4-5,13-16H2,1-3H3,(H,27,30)(H,28,31)(H,32,33). The molecule has 0 heterocycles. The molecule has 0 saturated heterocycles. The zero-order chi connectivity index (χ0) is 26.0. The van der Waals surface area contributed by atoms with E-state index in [1.54, 1.807) is 57.2 Å². The monoisotopic (exact) mass is 543 g/mol. The molecular formula is C24H31Cl2N3O5S. The van der Waals surface area contributed by atoms with E-state index in [0.29, 0.717) is 53.6 Å². The number of carbonyl (C=O) groups is 2. The Morgan fingerprint density at radius 2 is 1.66 bits per heavy atom. The van der Waals surface area contributed by atoms with Crippen LogP contribution < -0.4 is 14.9 Å². The Morgan fingerprint density at radius 1 is 1.03 bits per heavy atom. The van der Waals surface area contributed by atoms with Crippen LogP contribution in [0, 0.1) is 0 Å². The third kappa shape index (κ3) is 10.0. The van der Waals surface area contributed by atoms with Crippen LogP contribution in [0.2, 0.25) is 10.0 Å². The van der Waals surface area contributed by atoms with Crippen LogP contribution in [0.4, 0.5) is 10.5 Å². The first-order valence-electron chi connectivity index (χ1n) is 11.1. The Bertz CT molecular complexity index is 1030. The predicted octanol–water partition coefficient (Wildman–Crippen LogP) is 5.21. The maximum Gasteiger partial charge on any atom is 0.407 e. The first-order chi connectivity index (χ1) is 16.5. The summed E-state index contributed by atoms with van der Waals surface area (Å²) in [5.41, 5.74) is 1.16. The summed E-state index contributed by atoms with van der Waals surface area (Å²) in [5, 5.41) is 6.34. The average molecular weight is 545 g/mol. The molecular weight excluding hydrogens is 513 g/mol. The van der Waals surface area contributed by atoms with Gasteiger partial charge in [-0.3, -0.25) is 13.7 Å². The summed E-state index contributed by atoms with van der Waals surface area (Å²) in [4.78, 5) is 24.0. The maximum absolute atomic E-state index is 12.4. The molecule has 0 aliphatic carbocycles. The lowest BCUT2D eigenvalue weighted by molar-refractivity contribution is 0.0526. The summed E-state index contributed by atoms with van der Waals surface area (Å²) in [5.74, 6) is -0.251. The fourth-order valence-corrected chi connectivity index (χ4v) is 4.06. The highest BCUT2D eigenvalue weighted by atomic mass is 35.5. The van der Waals surface area contributed by atoms with Gasteiger partial charge >= 0.3 is 6.09 Å². The summed E-state index contributed by atoms with van der Waals surface area (Å²) in [6.07, 6.45) is 1.32. The third-order valence-electron chi connectivity index (χ3n) is 4.78. The van der Waals surface area contributed by atoms with Gasteiger partial charge < -0.3 is 15.4 Å². The molecule has 2 amide bonds. The SMILES string of the molecule is CC(C)(C)OC(=O)NCCCCNC(=O)c1ccc(N(CCc2cccc(Cl)c2Cl)S(=O)O)cc1. The second kappa shape index (κ2) is 13.7. The van der Waals surface area contributed by atoms with E-state index < -0.39 is 23.0 Å². The summed E-state index contributed by atoms with van der Waals surface area (Å²) in [7, 11) is 0. The quantitative estimate of drug-likeness (QED) is 0.266. The van der Waals surface area contributed by atoms with Crippen molar-refractivity contribution in [2.75, 3.05) is 23.9 Å². The van der Waals surface area contributed by atoms with Gasteiger partial charge in [-0.1, -0.05) is 35.3 Å². The normalized spacial score (nSPS) is 12.1. The minimum atomic E-state index is -2.26. The molecule has 1 atom stereocenters. The molecule has 0 radical (unpaired) electrons. The fraction of sp³-hybridized carbons (Fsp3) is 0.417. The molecule has 3 N–H and O–H groups in total. The molecule has 35 heavy (non-hydrogen) atoms. The minimum Gasteiger partial charge on any atom is -0.444 e. The molecule has 0 aromatic heterocycles. The van der Waals surface area contributed by atoms with Crippen molar-refractivity contribution in [1.82, 2.24) is 10.6 Å². The van der Waals surface area contributed by atoms with E-state index in [9.17, 15) is 18.4 Å². The van der Waals surface area contributed by atoms with Gasteiger partial charge in [0.1, 0.15) is 5.60 Å². The molecule has 0 fully saturated rings. The van der Waals surface area contributed by atoms with Crippen LogP contribution >= 0.6 is 23.2 Å². The van der Waals surface area contributed by atoms with Gasteiger partial charge in [0.15, 0.2) is 0 Å². The van der Waals surface area contributed by atoms with Crippen molar-refractivity contribution in [3.63, 3.8) is 0 Å². The molecule has 0 bridgehead atoms. The number of hydrogen-bond donors (Lipinski definition) is 3. The molecule has 2 rings (SSSR count). The van der Waals surface area contributed by atoms with Crippen LogP contribution in [0.15, 0.2) is 42.5 Å². The Labute approximate surface area is 218 Å². The van der Waals surface area contributed by atoms with Gasteiger partial charge in [0, 0.05) is 25.2 Å². The highest BCUT2D eigenvalue weighted by Gasteiger charge is 2.16. The van der Waals surface area contributed by atoms with E-state index in [2.05, 4.69) is 10.6 Å². The second-order valence-corrected chi connectivity index (χ2v) is 10.4. The fourth-order valence-electron chi connectivity index (χ4n) is 3.10. The maximum atomic E-state index is 12.4. The predicted molar refractivity (Wildman–Crippen MR) is 141 cm³/mol. The average Bonchev–Trinajstić information content (AvgIpc) is 2.78. The Balaban J connectivity index is 1.81. The van der Waals surface area contributed by atoms with Crippen molar-refractivity contribution in [2.24, 2.45) is 0 Å². The van der Waals surface area contributed by atoms with Gasteiger partial charge in [-0.25, -0.2) is 9.00 Å². The van der Waals surface area contributed by atoms with Crippen LogP contribution in [0.3, 0.4) is 0 Å². The Morgan fingerprint density at radius 3 is 2.26 bits per heavy atom. The van der Waals surface area contributed by atoms with E-state index in [0.717, 1.165) is 5.56 Å². The number of anilines is 1. The van der Waals surface area contributed by atoms with Gasteiger partial charge in [-0.2, -0.15) is 0 Å². The molecule has 0 saturated carbocycles. The lowest BCUT2D eigenvalue weighted by Crippen LogP contribution is -2.33. The molecule has 192 valence electrons. The molecule has 0 aliphatic rings. The number of ether oxygens (including phenoxy) is 1. The van der Waals surface area contributed by atoms with Crippen molar-refractivity contribution in [3.8, 4) is 0 Å². The number of nitrogens with one attached hydrogen (secondary N) is 2. The van der Waals surface area contributed by atoms with Crippen molar-refractivity contribution in [3.05, 3.63) is 63.6 Å². The van der Waals surface area contributed by atoms with Crippen molar-refractivity contribution >= 4 is 52.2 Å². The summed E-state index contributed by atoms with van der Waals surface area (Å²) in [6.45, 7) is 6.52. The number of carbonyl (C=O) groups excluding carboxylic acids is 2. The molecule has 2 aromatic carbocycles. The zero-order valence-corrected chi connectivity index (χ0v) is 22.3. The van der Waals surface area contributed by atoms with E-state index in [-0.39, 0.29) is 12.5 Å². The molecule has 1 unspecified atom stereocenters. The lowest BCUT2D eigenvalue weighted by Gasteiger charge is -2.20. The summed E-state index contributed by atoms with van der Waals surface area (Å²) >= 11 is 9.99. The van der Waals surface area contributed by atoms with Gasteiger partial charge in [0.05, 0.1) is 15.7 Å². The highest BCUT2D eigenvalue weighted by molar-refractivity contribution is 7.80. The number of halogens is 2. The van der Waals surface area contributed by atoms with Gasteiger partial charge in [0.25, 0.3) is 17.2 Å². The molecule has 0 spiro atoms. The zero-order valence-electron chi connectivity index (χ0n) is 20.0. The van der Waals surface area contributed by atoms with Gasteiger partial charge in [-0.05, 0) is 75.9 Å². The summed E-state index contributed by atoms with van der Waals surface area (Å²) < 4.78 is 28.1. The first-order valence-corrected chi connectivity index (χ1v) is 13.0. The van der Waals surface area contributed by atoms with Crippen LogP contribution in [-0.2, 0) is 22.4 Å². The van der Waals surface area contributed by atoms with Crippen LogP contribution in [-0.4, -0.2) is 46.0 Å². The van der Waals surface area contributed by atoms with Crippen molar-refractivity contribution in [2.45, 2.75) is 45.6 Å². The number of nitrogens with zero attached hydrogens (tertiary/aromatic N) is 1. The number of unbranched alkanes of at least 4 members (excludes halogenated alkanes) is 1. The number of rotatable bonds is 11. The smallest absolute Gasteiger partial charge is 0.407 e. The number of benzene rings is 2. The Kier molecular flexibility index (Phi) is 11.3. The summed E-state index contributed by atoms with van der Waals surface area (Å²) in [6, 6.07) is 11.7. The number of alkyl carbamates (subject to hydrolysis) is 1. The number of hydrogen-bond acceptors (Lipinski definition) is 4. The highest BCUT2D eigenvalue weighted by Crippen LogP contribution is 2.26. The van der Waals surface area contributed by atoms with Gasteiger partial charge in [0.2, 0.25) is 0 Å². The third-order valence-corrected chi connectivity index (χ3v) is 6.41. The first kappa shape index (κ1) is 28.9. The second-order valence-electron chi connectivity index (χ2n) is 8.73. The van der Waals surface area contributed by atoms with Crippen molar-refractivity contribution in [1.29, 1.82) is 0 Å². The van der Waals surface area contributed by atoms with E-state index in [4.69, 9.17) is 27.9 Å². The van der Waals surface area contributed by atoms with Gasteiger partial charge in [-0.15, -0.1) is 0 Å². The topological polar surface area (TPSA) is 108 Å². The lowest BCUT2D eigenvalue weighted by atomic mass is 10.1. The largest absolute Gasteiger partial charge is 0.444 e. The van der Waals surface area contributed by atoms with E-state index in [1.807, 2.05) is 6.07 Å². The molecule has 0 aliphatic heterocycles.